The van der Waals surface area contributed by atoms with Gasteiger partial charge in [-0.3, -0.25) is 0 Å². The smallest absolute Gasteiger partial charge is 0.260 e. The average Bonchev–Trinajstić information content (AvgIpc) is 2.84. The molecular formula is C10H17N3O2S. The topological polar surface area (TPSA) is 66.1 Å². The molecule has 1 saturated carbocycles. The molecule has 6 heteroatoms. The van der Waals surface area contributed by atoms with Crippen molar-refractivity contribution in [1.82, 2.24) is 14.3 Å². The van der Waals surface area contributed by atoms with Crippen LogP contribution in [0.25, 0.3) is 0 Å². The Hall–Kier alpha value is -0.880. The molecule has 1 fully saturated rings. The van der Waals surface area contributed by atoms with E-state index in [0.29, 0.717) is 12.5 Å². The van der Waals surface area contributed by atoms with Crippen LogP contribution >= 0.6 is 0 Å². The maximum absolute atomic E-state index is 12.3. The van der Waals surface area contributed by atoms with Crippen molar-refractivity contribution in [3.63, 3.8) is 0 Å². The van der Waals surface area contributed by atoms with Crippen molar-refractivity contribution in [1.29, 1.82) is 0 Å². The van der Waals surface area contributed by atoms with Gasteiger partial charge in [0.2, 0.25) is 0 Å². The van der Waals surface area contributed by atoms with E-state index in [1.54, 1.807) is 4.31 Å². The van der Waals surface area contributed by atoms with Crippen molar-refractivity contribution in [3.05, 3.63) is 12.5 Å². The van der Waals surface area contributed by atoms with Gasteiger partial charge in [0.05, 0.1) is 12.5 Å². The summed E-state index contributed by atoms with van der Waals surface area (Å²) >= 11 is 0. The van der Waals surface area contributed by atoms with E-state index in [-0.39, 0.29) is 11.1 Å². The average molecular weight is 243 g/mol. The number of imidazole rings is 1. The maximum atomic E-state index is 12.3. The van der Waals surface area contributed by atoms with Gasteiger partial charge in [0.15, 0.2) is 5.03 Å². The molecule has 5 nitrogen and oxygen atoms in total. The van der Waals surface area contributed by atoms with Crippen molar-refractivity contribution in [2.24, 2.45) is 5.92 Å². The molecule has 1 aromatic heterocycles. The van der Waals surface area contributed by atoms with E-state index in [0.717, 1.165) is 12.8 Å². The first-order valence-electron chi connectivity index (χ1n) is 5.52. The first-order valence-corrected chi connectivity index (χ1v) is 6.96. The highest BCUT2D eigenvalue weighted by Gasteiger charge is 2.33. The molecule has 1 N–H and O–H groups in total. The quantitative estimate of drug-likeness (QED) is 0.845. The highest BCUT2D eigenvalue weighted by atomic mass is 32.2. The van der Waals surface area contributed by atoms with Crippen LogP contribution in [-0.2, 0) is 10.0 Å². The number of sulfonamides is 1. The summed E-state index contributed by atoms with van der Waals surface area (Å²) in [6, 6.07) is -0.0195. The standard InChI is InChI=1S/C10H17N3O2S/c1-8(2)13(6-9-3-4-9)16(14,15)10-5-11-7-12-10/h5,7-9H,3-4,6H2,1-2H3,(H,11,12). The Morgan fingerprint density at radius 3 is 2.69 bits per heavy atom. The summed E-state index contributed by atoms with van der Waals surface area (Å²) in [7, 11) is -3.40. The number of hydrogen-bond acceptors (Lipinski definition) is 3. The van der Waals surface area contributed by atoms with Crippen LogP contribution < -0.4 is 0 Å². The summed E-state index contributed by atoms with van der Waals surface area (Å²) < 4.78 is 26.1. The molecule has 0 saturated heterocycles. The van der Waals surface area contributed by atoms with Gasteiger partial charge in [-0.25, -0.2) is 13.4 Å². The van der Waals surface area contributed by atoms with Crippen LogP contribution in [0.1, 0.15) is 26.7 Å². The second kappa shape index (κ2) is 4.18. The number of hydrogen-bond donors (Lipinski definition) is 1. The summed E-state index contributed by atoms with van der Waals surface area (Å²) in [5.41, 5.74) is 0. The summed E-state index contributed by atoms with van der Waals surface area (Å²) in [5, 5.41) is 0.182. The molecule has 0 unspecified atom stereocenters. The van der Waals surface area contributed by atoms with E-state index in [1.807, 2.05) is 13.8 Å². The van der Waals surface area contributed by atoms with Gasteiger partial charge in [-0.05, 0) is 32.6 Å². The molecule has 0 atom stereocenters. The predicted octanol–water partition coefficient (Wildman–Crippen LogP) is 1.22. The van der Waals surface area contributed by atoms with E-state index in [9.17, 15) is 8.42 Å². The predicted molar refractivity (Wildman–Crippen MR) is 60.3 cm³/mol. The molecule has 0 bridgehead atoms. The molecule has 0 aliphatic heterocycles. The van der Waals surface area contributed by atoms with E-state index >= 15 is 0 Å². The molecule has 0 amide bonds. The van der Waals surface area contributed by atoms with Gasteiger partial charge < -0.3 is 4.98 Å². The van der Waals surface area contributed by atoms with Gasteiger partial charge in [0, 0.05) is 12.6 Å². The van der Waals surface area contributed by atoms with Crippen LogP contribution in [0.3, 0.4) is 0 Å². The minimum atomic E-state index is -3.40. The van der Waals surface area contributed by atoms with E-state index < -0.39 is 10.0 Å². The van der Waals surface area contributed by atoms with Gasteiger partial charge >= 0.3 is 0 Å². The lowest BCUT2D eigenvalue weighted by Gasteiger charge is -2.24. The summed E-state index contributed by atoms with van der Waals surface area (Å²) in [6.45, 7) is 4.42. The van der Waals surface area contributed by atoms with Crippen LogP contribution in [0, 0.1) is 5.92 Å². The van der Waals surface area contributed by atoms with Crippen molar-refractivity contribution in [2.45, 2.75) is 37.8 Å². The fraction of sp³-hybridized carbons (Fsp3) is 0.700. The molecule has 1 aliphatic carbocycles. The Morgan fingerprint density at radius 2 is 2.25 bits per heavy atom. The molecular weight excluding hydrogens is 226 g/mol. The van der Waals surface area contributed by atoms with Crippen molar-refractivity contribution >= 4 is 10.0 Å². The zero-order valence-electron chi connectivity index (χ0n) is 9.55. The van der Waals surface area contributed by atoms with Gasteiger partial charge in [0.1, 0.15) is 0 Å². The highest BCUT2D eigenvalue weighted by Crippen LogP contribution is 2.32. The molecule has 0 spiro atoms. The SMILES string of the molecule is CC(C)N(CC1CC1)S(=O)(=O)c1cnc[nH]1. The molecule has 90 valence electrons. The lowest BCUT2D eigenvalue weighted by atomic mass is 10.3. The van der Waals surface area contributed by atoms with E-state index in [1.165, 1.54) is 12.5 Å². The lowest BCUT2D eigenvalue weighted by molar-refractivity contribution is 0.340. The van der Waals surface area contributed by atoms with Gasteiger partial charge in [-0.1, -0.05) is 0 Å². The number of nitrogens with one attached hydrogen (secondary N) is 1. The van der Waals surface area contributed by atoms with Crippen LogP contribution in [0.5, 0.6) is 0 Å². The van der Waals surface area contributed by atoms with Gasteiger partial charge in [-0.15, -0.1) is 0 Å². The Kier molecular flexibility index (Phi) is 3.03. The third-order valence-corrected chi connectivity index (χ3v) is 4.74. The number of aromatic nitrogens is 2. The molecule has 1 heterocycles. The summed E-state index contributed by atoms with van der Waals surface area (Å²) in [5.74, 6) is 0.542. The number of aromatic amines is 1. The van der Waals surface area contributed by atoms with Crippen molar-refractivity contribution in [2.75, 3.05) is 6.54 Å². The highest BCUT2D eigenvalue weighted by molar-refractivity contribution is 7.89. The van der Waals surface area contributed by atoms with Gasteiger partial charge in [0.25, 0.3) is 10.0 Å². The first-order chi connectivity index (χ1) is 7.51. The largest absolute Gasteiger partial charge is 0.335 e. The fourth-order valence-corrected chi connectivity index (χ4v) is 3.26. The summed E-state index contributed by atoms with van der Waals surface area (Å²) in [6.07, 6.45) is 5.03. The number of rotatable bonds is 5. The summed E-state index contributed by atoms with van der Waals surface area (Å²) in [4.78, 5) is 6.43. The molecule has 16 heavy (non-hydrogen) atoms. The Labute approximate surface area is 95.9 Å². The first kappa shape index (κ1) is 11.6. The molecule has 0 radical (unpaired) electrons. The third kappa shape index (κ3) is 2.27. The Bertz CT molecular complexity index is 435. The van der Waals surface area contributed by atoms with Crippen LogP contribution in [-0.4, -0.2) is 35.3 Å². The van der Waals surface area contributed by atoms with E-state index in [2.05, 4.69) is 9.97 Å². The Morgan fingerprint density at radius 1 is 1.56 bits per heavy atom. The van der Waals surface area contributed by atoms with Crippen LogP contribution in [0.2, 0.25) is 0 Å². The van der Waals surface area contributed by atoms with E-state index in [4.69, 9.17) is 0 Å². The van der Waals surface area contributed by atoms with Crippen molar-refractivity contribution < 1.29 is 8.42 Å². The lowest BCUT2D eigenvalue weighted by Crippen LogP contribution is -2.38. The second-order valence-electron chi connectivity index (χ2n) is 4.53. The van der Waals surface area contributed by atoms with Crippen LogP contribution in [0.4, 0.5) is 0 Å². The zero-order chi connectivity index (χ0) is 11.8. The third-order valence-electron chi connectivity index (χ3n) is 2.77. The minimum absolute atomic E-state index is 0.0195. The fourth-order valence-electron chi connectivity index (χ4n) is 1.65. The van der Waals surface area contributed by atoms with Gasteiger partial charge in [-0.2, -0.15) is 4.31 Å². The second-order valence-corrected chi connectivity index (χ2v) is 6.39. The van der Waals surface area contributed by atoms with Crippen LogP contribution in [0.15, 0.2) is 17.6 Å². The molecule has 1 aliphatic rings. The normalized spacial score (nSPS) is 17.2. The number of nitrogens with zero attached hydrogens (tertiary/aromatic N) is 2. The zero-order valence-corrected chi connectivity index (χ0v) is 10.4. The molecule has 0 aromatic carbocycles. The number of H-pyrrole nitrogens is 1. The molecule has 1 aromatic rings. The maximum Gasteiger partial charge on any atom is 0.260 e. The Balaban J connectivity index is 2.24. The monoisotopic (exact) mass is 243 g/mol. The molecule has 2 rings (SSSR count). The minimum Gasteiger partial charge on any atom is -0.335 e. The van der Waals surface area contributed by atoms with Crippen molar-refractivity contribution in [3.8, 4) is 0 Å².